The van der Waals surface area contributed by atoms with Gasteiger partial charge in [0.2, 0.25) is 5.91 Å². The first-order valence-electron chi connectivity index (χ1n) is 6.18. The Bertz CT molecular complexity index is 467. The second-order valence-electron chi connectivity index (χ2n) is 4.14. The van der Waals surface area contributed by atoms with Crippen molar-refractivity contribution in [2.75, 3.05) is 18.5 Å². The van der Waals surface area contributed by atoms with Crippen LogP contribution in [0.4, 0.5) is 5.00 Å². The highest BCUT2D eigenvalue weighted by Gasteiger charge is 2.19. The molecule has 6 heteroatoms. The molecule has 0 aromatic carbocycles. The molecular weight excluding hydrogens is 266 g/mol. The average Bonchev–Trinajstić information content (AvgIpc) is 2.60. The first-order valence-corrected chi connectivity index (χ1v) is 6.99. The monoisotopic (exact) mass is 285 g/mol. The molecule has 1 rings (SSSR count). The highest BCUT2D eigenvalue weighted by Crippen LogP contribution is 2.32. The molecule has 1 amide bonds. The number of aryl methyl sites for hydroxylation is 1. The van der Waals surface area contributed by atoms with Crippen LogP contribution in [0.15, 0.2) is 0 Å². The summed E-state index contributed by atoms with van der Waals surface area (Å²) in [5, 5.41) is 12.2. The fraction of sp³-hybridized carbons (Fsp3) is 0.538. The van der Waals surface area contributed by atoms with E-state index in [1.54, 1.807) is 6.92 Å². The lowest BCUT2D eigenvalue weighted by molar-refractivity contribution is -0.116. The summed E-state index contributed by atoms with van der Waals surface area (Å²) in [6.07, 6.45) is 0.959. The largest absolute Gasteiger partial charge is 0.478 e. The van der Waals surface area contributed by atoms with Crippen molar-refractivity contribution in [2.24, 2.45) is 0 Å². The second kappa shape index (κ2) is 7.25. The third kappa shape index (κ3) is 4.33. The minimum absolute atomic E-state index is 0.177. The van der Waals surface area contributed by atoms with Crippen LogP contribution >= 0.6 is 11.3 Å². The topological polar surface area (TPSA) is 75.6 Å². The van der Waals surface area contributed by atoms with Crippen LogP contribution in [0.1, 0.15) is 40.6 Å². The maximum atomic E-state index is 11.7. The number of nitrogens with one attached hydrogen (secondary N) is 1. The highest BCUT2D eigenvalue weighted by atomic mass is 32.1. The lowest BCUT2D eigenvalue weighted by Crippen LogP contribution is -2.13. The predicted octanol–water partition coefficient (Wildman–Crippen LogP) is 2.82. The van der Waals surface area contributed by atoms with Crippen LogP contribution < -0.4 is 5.32 Å². The van der Waals surface area contributed by atoms with Gasteiger partial charge >= 0.3 is 5.97 Å². The molecule has 19 heavy (non-hydrogen) atoms. The summed E-state index contributed by atoms with van der Waals surface area (Å²) in [5.74, 6) is -1.19. The van der Waals surface area contributed by atoms with Crippen LogP contribution in [0.25, 0.3) is 0 Å². The molecule has 1 aromatic heterocycles. The summed E-state index contributed by atoms with van der Waals surface area (Å²) in [4.78, 5) is 23.8. The Labute approximate surface area is 116 Å². The summed E-state index contributed by atoms with van der Waals surface area (Å²) in [5.41, 5.74) is 0.905. The van der Waals surface area contributed by atoms with Crippen LogP contribution in [0.3, 0.4) is 0 Å². The fourth-order valence-corrected chi connectivity index (χ4v) is 2.71. The van der Waals surface area contributed by atoms with Gasteiger partial charge in [-0.3, -0.25) is 4.79 Å². The molecule has 2 N–H and O–H groups in total. The summed E-state index contributed by atoms with van der Waals surface area (Å²) >= 11 is 1.30. The number of carboxylic acids is 1. The number of carbonyl (C=O) groups excluding carboxylic acids is 1. The van der Waals surface area contributed by atoms with E-state index in [1.165, 1.54) is 11.3 Å². The number of aromatic carboxylic acids is 1. The highest BCUT2D eigenvalue weighted by molar-refractivity contribution is 7.16. The zero-order valence-electron chi connectivity index (χ0n) is 11.4. The van der Waals surface area contributed by atoms with E-state index in [-0.39, 0.29) is 11.5 Å². The quantitative estimate of drug-likeness (QED) is 0.755. The zero-order valence-corrected chi connectivity index (χ0v) is 12.2. The molecular formula is C13H19NO4S. The summed E-state index contributed by atoms with van der Waals surface area (Å²) < 4.78 is 5.15. The van der Waals surface area contributed by atoms with Gasteiger partial charge in [0.15, 0.2) is 0 Å². The first-order chi connectivity index (χ1) is 8.97. The van der Waals surface area contributed by atoms with Gasteiger partial charge < -0.3 is 15.2 Å². The van der Waals surface area contributed by atoms with Crippen molar-refractivity contribution in [1.29, 1.82) is 0 Å². The minimum Gasteiger partial charge on any atom is -0.478 e. The second-order valence-corrected chi connectivity index (χ2v) is 5.37. The molecule has 0 aliphatic carbocycles. The van der Waals surface area contributed by atoms with Crippen molar-refractivity contribution >= 4 is 28.2 Å². The van der Waals surface area contributed by atoms with E-state index < -0.39 is 5.97 Å². The number of amides is 1. The zero-order chi connectivity index (χ0) is 14.4. The van der Waals surface area contributed by atoms with Crippen molar-refractivity contribution in [1.82, 2.24) is 0 Å². The molecule has 106 valence electrons. The number of hydrogen-bond acceptors (Lipinski definition) is 4. The van der Waals surface area contributed by atoms with Gasteiger partial charge in [-0.05, 0) is 32.8 Å². The number of ether oxygens (including phenoxy) is 1. The van der Waals surface area contributed by atoms with Crippen LogP contribution in [-0.2, 0) is 9.53 Å². The maximum Gasteiger partial charge on any atom is 0.338 e. The van der Waals surface area contributed by atoms with E-state index in [4.69, 9.17) is 9.84 Å². The Hall–Kier alpha value is -1.40. The Kier molecular flexibility index (Phi) is 5.98. The van der Waals surface area contributed by atoms with Gasteiger partial charge in [0, 0.05) is 24.5 Å². The molecule has 0 radical (unpaired) electrons. The number of anilines is 1. The number of hydrogen-bond donors (Lipinski definition) is 2. The molecule has 0 aliphatic rings. The van der Waals surface area contributed by atoms with E-state index in [9.17, 15) is 9.59 Å². The van der Waals surface area contributed by atoms with Crippen molar-refractivity contribution in [3.05, 3.63) is 16.0 Å². The van der Waals surface area contributed by atoms with Crippen LogP contribution in [0, 0.1) is 13.8 Å². The van der Waals surface area contributed by atoms with Crippen molar-refractivity contribution in [3.63, 3.8) is 0 Å². The molecule has 0 fully saturated rings. The minimum atomic E-state index is -1.01. The van der Waals surface area contributed by atoms with Gasteiger partial charge in [0.05, 0.1) is 5.56 Å². The van der Waals surface area contributed by atoms with Gasteiger partial charge in [-0.2, -0.15) is 0 Å². The smallest absolute Gasteiger partial charge is 0.338 e. The summed E-state index contributed by atoms with van der Waals surface area (Å²) in [6.45, 7) is 6.67. The van der Waals surface area contributed by atoms with Gasteiger partial charge in [0.25, 0.3) is 0 Å². The van der Waals surface area contributed by atoms with Crippen molar-refractivity contribution < 1.29 is 19.4 Å². The lowest BCUT2D eigenvalue weighted by Gasteiger charge is -2.04. The molecule has 5 nitrogen and oxygen atoms in total. The predicted molar refractivity (Wildman–Crippen MR) is 75.1 cm³/mol. The number of carboxylic acid groups (broad SMARTS) is 1. The van der Waals surface area contributed by atoms with Crippen LogP contribution in [-0.4, -0.2) is 30.2 Å². The van der Waals surface area contributed by atoms with E-state index in [1.807, 2.05) is 13.8 Å². The van der Waals surface area contributed by atoms with E-state index in [0.29, 0.717) is 36.6 Å². The molecule has 0 spiro atoms. The third-order valence-electron chi connectivity index (χ3n) is 2.75. The maximum absolute atomic E-state index is 11.7. The molecule has 0 aliphatic heterocycles. The van der Waals surface area contributed by atoms with E-state index >= 15 is 0 Å². The van der Waals surface area contributed by atoms with Gasteiger partial charge in [-0.25, -0.2) is 4.79 Å². The normalized spacial score (nSPS) is 10.5. The standard InChI is InChI=1S/C13H19NO4S/c1-4-18-7-5-6-10(15)14-12-11(13(16)17)8(2)9(3)19-12/h4-7H2,1-3H3,(H,14,15)(H,16,17). The average molecular weight is 285 g/mol. The van der Waals surface area contributed by atoms with Gasteiger partial charge in [-0.1, -0.05) is 0 Å². The lowest BCUT2D eigenvalue weighted by atomic mass is 10.1. The molecule has 0 atom stereocenters. The SMILES string of the molecule is CCOCCCC(=O)Nc1sc(C)c(C)c1C(=O)O. The van der Waals surface area contributed by atoms with Gasteiger partial charge in [0.1, 0.15) is 5.00 Å². The molecule has 1 heterocycles. The molecule has 0 unspecified atom stereocenters. The van der Waals surface area contributed by atoms with Crippen molar-refractivity contribution in [3.8, 4) is 0 Å². The number of carbonyl (C=O) groups is 2. The van der Waals surface area contributed by atoms with Crippen LogP contribution in [0.5, 0.6) is 0 Å². The molecule has 0 bridgehead atoms. The Balaban J connectivity index is 2.64. The molecule has 0 saturated heterocycles. The Morgan fingerprint density at radius 3 is 2.63 bits per heavy atom. The van der Waals surface area contributed by atoms with Crippen molar-refractivity contribution in [2.45, 2.75) is 33.6 Å². The number of thiophene rings is 1. The summed E-state index contributed by atoms with van der Waals surface area (Å²) in [7, 11) is 0. The number of rotatable bonds is 7. The van der Waals surface area contributed by atoms with E-state index in [2.05, 4.69) is 5.32 Å². The Morgan fingerprint density at radius 1 is 1.37 bits per heavy atom. The third-order valence-corrected chi connectivity index (χ3v) is 3.87. The molecule has 1 aromatic rings. The molecule has 0 saturated carbocycles. The van der Waals surface area contributed by atoms with E-state index in [0.717, 1.165) is 4.88 Å². The Morgan fingerprint density at radius 2 is 2.05 bits per heavy atom. The van der Waals surface area contributed by atoms with Gasteiger partial charge in [-0.15, -0.1) is 11.3 Å². The summed E-state index contributed by atoms with van der Waals surface area (Å²) in [6, 6.07) is 0. The first kappa shape index (κ1) is 15.7. The fourth-order valence-electron chi connectivity index (χ4n) is 1.64. The van der Waals surface area contributed by atoms with Crippen LogP contribution in [0.2, 0.25) is 0 Å².